The van der Waals surface area contributed by atoms with Gasteiger partial charge in [-0.3, -0.25) is 14.5 Å². The van der Waals surface area contributed by atoms with Gasteiger partial charge in [0.15, 0.2) is 11.5 Å². The Labute approximate surface area is 151 Å². The highest BCUT2D eigenvalue weighted by atomic mass is 16.7. The standard InChI is InChI=1S/C18H23N3O5/c1-11(2)6-7-19-15(22)9-21-16(23)18(3,20-17(21)24)12-4-5-13-14(8-12)26-10-25-13/h4-5,8,11H,6-7,9-10H2,1-3H3,(H,19,22)(H,20,24)/t18-/m0/s1. The molecule has 2 aliphatic rings. The monoisotopic (exact) mass is 361 g/mol. The van der Waals surface area contributed by atoms with E-state index in [4.69, 9.17) is 9.47 Å². The molecule has 1 fully saturated rings. The molecule has 4 amide bonds. The van der Waals surface area contributed by atoms with Crippen LogP contribution in [0.5, 0.6) is 11.5 Å². The molecule has 0 unspecified atom stereocenters. The Kier molecular flexibility index (Phi) is 4.76. The van der Waals surface area contributed by atoms with E-state index in [-0.39, 0.29) is 19.2 Å². The number of nitrogens with zero attached hydrogens (tertiary/aromatic N) is 1. The number of urea groups is 1. The predicted molar refractivity (Wildman–Crippen MR) is 92.6 cm³/mol. The molecule has 0 saturated carbocycles. The van der Waals surface area contributed by atoms with Gasteiger partial charge in [0.1, 0.15) is 12.1 Å². The number of benzene rings is 1. The lowest BCUT2D eigenvalue weighted by Gasteiger charge is -2.22. The number of hydrogen-bond acceptors (Lipinski definition) is 5. The summed E-state index contributed by atoms with van der Waals surface area (Å²) in [6.45, 7) is 6.06. The summed E-state index contributed by atoms with van der Waals surface area (Å²) in [6.07, 6.45) is 0.834. The molecule has 8 heteroatoms. The van der Waals surface area contributed by atoms with Crippen LogP contribution in [0.15, 0.2) is 18.2 Å². The van der Waals surface area contributed by atoms with Crippen molar-refractivity contribution in [1.82, 2.24) is 15.5 Å². The van der Waals surface area contributed by atoms with Gasteiger partial charge in [0.25, 0.3) is 5.91 Å². The summed E-state index contributed by atoms with van der Waals surface area (Å²) >= 11 is 0. The minimum atomic E-state index is -1.25. The summed E-state index contributed by atoms with van der Waals surface area (Å²) in [4.78, 5) is 38.1. The number of carbonyl (C=O) groups excluding carboxylic acids is 3. The maximum absolute atomic E-state index is 12.8. The van der Waals surface area contributed by atoms with E-state index in [0.717, 1.165) is 11.3 Å². The summed E-state index contributed by atoms with van der Waals surface area (Å²) < 4.78 is 10.6. The predicted octanol–water partition coefficient (Wildman–Crippen LogP) is 1.34. The fourth-order valence-electron chi connectivity index (χ4n) is 2.94. The molecule has 1 aromatic rings. The van der Waals surface area contributed by atoms with Crippen molar-refractivity contribution in [2.45, 2.75) is 32.7 Å². The Bertz CT molecular complexity index is 748. The number of hydrogen-bond donors (Lipinski definition) is 2. The van der Waals surface area contributed by atoms with Crippen LogP contribution in [0.1, 0.15) is 32.8 Å². The van der Waals surface area contributed by atoms with Gasteiger partial charge >= 0.3 is 6.03 Å². The molecule has 1 atom stereocenters. The second kappa shape index (κ2) is 6.86. The maximum atomic E-state index is 12.8. The van der Waals surface area contributed by atoms with Gasteiger partial charge in [-0.15, -0.1) is 0 Å². The van der Waals surface area contributed by atoms with Crippen molar-refractivity contribution in [2.24, 2.45) is 5.92 Å². The number of nitrogens with one attached hydrogen (secondary N) is 2. The fourth-order valence-corrected chi connectivity index (χ4v) is 2.94. The lowest BCUT2D eigenvalue weighted by molar-refractivity contribution is -0.134. The van der Waals surface area contributed by atoms with E-state index in [1.807, 2.05) is 0 Å². The summed E-state index contributed by atoms with van der Waals surface area (Å²) in [6, 6.07) is 4.49. The highest BCUT2D eigenvalue weighted by molar-refractivity contribution is 6.09. The summed E-state index contributed by atoms with van der Waals surface area (Å²) in [7, 11) is 0. The number of amides is 4. The Morgan fingerprint density at radius 3 is 2.77 bits per heavy atom. The van der Waals surface area contributed by atoms with E-state index in [0.29, 0.717) is 29.5 Å². The lowest BCUT2D eigenvalue weighted by Crippen LogP contribution is -2.43. The van der Waals surface area contributed by atoms with Gasteiger partial charge in [0.2, 0.25) is 12.7 Å². The van der Waals surface area contributed by atoms with Gasteiger partial charge in [-0.1, -0.05) is 19.9 Å². The molecule has 1 aromatic carbocycles. The van der Waals surface area contributed by atoms with Crippen molar-refractivity contribution in [2.75, 3.05) is 19.9 Å². The van der Waals surface area contributed by atoms with E-state index >= 15 is 0 Å². The third kappa shape index (κ3) is 3.31. The topological polar surface area (TPSA) is 97.0 Å². The number of fused-ring (bicyclic) bond motifs is 1. The lowest BCUT2D eigenvalue weighted by atomic mass is 9.91. The van der Waals surface area contributed by atoms with E-state index in [2.05, 4.69) is 24.5 Å². The van der Waals surface area contributed by atoms with Gasteiger partial charge < -0.3 is 20.1 Å². The Morgan fingerprint density at radius 1 is 1.31 bits per heavy atom. The molecule has 3 rings (SSSR count). The zero-order chi connectivity index (χ0) is 18.9. The second-order valence-corrected chi connectivity index (χ2v) is 7.05. The average molecular weight is 361 g/mol. The smallest absolute Gasteiger partial charge is 0.325 e. The summed E-state index contributed by atoms with van der Waals surface area (Å²) in [5.41, 5.74) is -0.682. The average Bonchev–Trinajstić information content (AvgIpc) is 3.13. The van der Waals surface area contributed by atoms with Crippen molar-refractivity contribution in [1.29, 1.82) is 0 Å². The molecular formula is C18H23N3O5. The van der Waals surface area contributed by atoms with Crippen LogP contribution in [-0.4, -0.2) is 42.6 Å². The van der Waals surface area contributed by atoms with Crippen molar-refractivity contribution in [3.8, 4) is 11.5 Å². The Hall–Kier alpha value is -2.77. The van der Waals surface area contributed by atoms with E-state index < -0.39 is 17.5 Å². The van der Waals surface area contributed by atoms with Crippen LogP contribution in [0.25, 0.3) is 0 Å². The largest absolute Gasteiger partial charge is 0.454 e. The van der Waals surface area contributed by atoms with Crippen LogP contribution < -0.4 is 20.1 Å². The molecule has 0 bridgehead atoms. The molecule has 140 valence electrons. The van der Waals surface area contributed by atoms with Crippen LogP contribution in [0.2, 0.25) is 0 Å². The Morgan fingerprint density at radius 2 is 2.04 bits per heavy atom. The highest BCUT2D eigenvalue weighted by Crippen LogP contribution is 2.37. The zero-order valence-electron chi connectivity index (χ0n) is 15.1. The first-order valence-electron chi connectivity index (χ1n) is 8.62. The molecule has 8 nitrogen and oxygen atoms in total. The zero-order valence-corrected chi connectivity index (χ0v) is 15.1. The number of imide groups is 1. The number of carbonyl (C=O) groups is 3. The molecule has 0 aliphatic carbocycles. The molecule has 0 spiro atoms. The molecule has 2 N–H and O–H groups in total. The molecule has 2 aliphatic heterocycles. The van der Waals surface area contributed by atoms with E-state index in [9.17, 15) is 14.4 Å². The van der Waals surface area contributed by atoms with E-state index in [1.54, 1.807) is 25.1 Å². The quantitative estimate of drug-likeness (QED) is 0.746. The number of ether oxygens (including phenoxy) is 2. The molecule has 0 aromatic heterocycles. The maximum Gasteiger partial charge on any atom is 0.325 e. The molecule has 1 saturated heterocycles. The Balaban J connectivity index is 1.70. The van der Waals surface area contributed by atoms with Crippen molar-refractivity contribution < 1.29 is 23.9 Å². The van der Waals surface area contributed by atoms with Gasteiger partial charge in [-0.25, -0.2) is 4.79 Å². The molecule has 0 radical (unpaired) electrons. The first-order valence-corrected chi connectivity index (χ1v) is 8.62. The van der Waals surface area contributed by atoms with Crippen molar-refractivity contribution in [3.05, 3.63) is 23.8 Å². The van der Waals surface area contributed by atoms with Gasteiger partial charge in [-0.2, -0.15) is 0 Å². The van der Waals surface area contributed by atoms with Crippen LogP contribution in [0.3, 0.4) is 0 Å². The van der Waals surface area contributed by atoms with Crippen molar-refractivity contribution >= 4 is 17.8 Å². The highest BCUT2D eigenvalue weighted by Gasteiger charge is 2.49. The minimum absolute atomic E-state index is 0.123. The first kappa shape index (κ1) is 18.0. The first-order chi connectivity index (χ1) is 12.3. The summed E-state index contributed by atoms with van der Waals surface area (Å²) in [5.74, 6) is 0.747. The van der Waals surface area contributed by atoms with Gasteiger partial charge in [-0.05, 0) is 37.0 Å². The molecule has 2 heterocycles. The third-order valence-electron chi connectivity index (χ3n) is 4.57. The van der Waals surface area contributed by atoms with Crippen molar-refractivity contribution in [3.63, 3.8) is 0 Å². The van der Waals surface area contributed by atoms with Crippen LogP contribution in [0, 0.1) is 5.92 Å². The van der Waals surface area contributed by atoms with Crippen LogP contribution in [0.4, 0.5) is 4.79 Å². The van der Waals surface area contributed by atoms with Gasteiger partial charge in [0.05, 0.1) is 0 Å². The minimum Gasteiger partial charge on any atom is -0.454 e. The van der Waals surface area contributed by atoms with Crippen LogP contribution >= 0.6 is 0 Å². The summed E-state index contributed by atoms with van der Waals surface area (Å²) in [5, 5.41) is 5.41. The fraction of sp³-hybridized carbons (Fsp3) is 0.500. The van der Waals surface area contributed by atoms with Gasteiger partial charge in [0, 0.05) is 6.54 Å². The number of rotatable bonds is 6. The molecular weight excluding hydrogens is 338 g/mol. The third-order valence-corrected chi connectivity index (χ3v) is 4.57. The van der Waals surface area contributed by atoms with Crippen LogP contribution in [-0.2, 0) is 15.1 Å². The van der Waals surface area contributed by atoms with E-state index in [1.165, 1.54) is 0 Å². The SMILES string of the molecule is CC(C)CCNC(=O)CN1C(=O)N[C@@](C)(c2ccc3c(c2)OCO3)C1=O. The normalized spacial score (nSPS) is 21.3. The second-order valence-electron chi connectivity index (χ2n) is 7.05. The molecule has 26 heavy (non-hydrogen) atoms.